The Morgan fingerprint density at radius 1 is 1.00 bits per heavy atom. The van der Waals surface area contributed by atoms with E-state index in [1.807, 2.05) is 67.5 Å². The Morgan fingerprint density at radius 3 is 2.46 bits per heavy atom. The number of nitrogens with one attached hydrogen (secondary N) is 4. The van der Waals surface area contributed by atoms with Crippen molar-refractivity contribution in [1.82, 2.24) is 29.5 Å². The summed E-state index contributed by atoms with van der Waals surface area (Å²) >= 11 is 0. The van der Waals surface area contributed by atoms with Crippen LogP contribution in [0.4, 0.5) is 10.6 Å². The first kappa shape index (κ1) is 38.1. The van der Waals surface area contributed by atoms with Gasteiger partial charge in [0, 0.05) is 30.8 Å². The molecule has 2 aromatic heterocycles. The number of hydrogen-bond acceptors (Lipinski definition) is 8. The molecule has 284 valence electrons. The minimum atomic E-state index is -0.889. The molecule has 1 aliphatic heterocycles. The second-order valence-electron chi connectivity index (χ2n) is 15.2. The Morgan fingerprint density at radius 2 is 1.74 bits per heavy atom. The van der Waals surface area contributed by atoms with Crippen molar-refractivity contribution in [2.45, 2.75) is 89.4 Å². The highest BCUT2D eigenvalue weighted by Gasteiger charge is 2.32. The van der Waals surface area contributed by atoms with E-state index in [1.165, 1.54) is 0 Å². The van der Waals surface area contributed by atoms with E-state index in [0.717, 1.165) is 36.9 Å². The van der Waals surface area contributed by atoms with Gasteiger partial charge >= 0.3 is 6.03 Å². The van der Waals surface area contributed by atoms with Crippen molar-refractivity contribution in [3.8, 4) is 23.3 Å². The van der Waals surface area contributed by atoms with Crippen LogP contribution in [0.2, 0.25) is 0 Å². The topological polar surface area (TPSA) is 160 Å². The van der Waals surface area contributed by atoms with Gasteiger partial charge in [-0.05, 0) is 109 Å². The lowest BCUT2D eigenvalue weighted by atomic mass is 9.85. The Bertz CT molecular complexity index is 2070. The summed E-state index contributed by atoms with van der Waals surface area (Å²) in [5.74, 6) is 1.96. The zero-order valence-electron chi connectivity index (χ0n) is 32.1. The lowest BCUT2D eigenvalue weighted by molar-refractivity contribution is 0.170. The minimum absolute atomic E-state index is 0.223. The molecular weight excluding hydrogens is 681 g/mol. The quantitative estimate of drug-likeness (QED) is 0.104. The predicted octanol–water partition coefficient (Wildman–Crippen LogP) is 6.72. The molecule has 1 aliphatic carbocycles. The predicted molar refractivity (Wildman–Crippen MR) is 208 cm³/mol. The van der Waals surface area contributed by atoms with Gasteiger partial charge in [-0.25, -0.2) is 9.48 Å². The van der Waals surface area contributed by atoms with Gasteiger partial charge in [-0.15, -0.1) is 0 Å². The van der Waals surface area contributed by atoms with Gasteiger partial charge in [0.1, 0.15) is 35.5 Å². The Balaban J connectivity index is 1.19. The summed E-state index contributed by atoms with van der Waals surface area (Å²) in [5, 5.41) is 38.4. The molecule has 13 nitrogen and oxygen atoms in total. The maximum atomic E-state index is 13.7. The number of likely N-dealkylation sites (N-methyl/N-ethyl adjacent to an activating group) is 1. The number of piperidine rings is 1. The number of carbonyl (C=O) groups excluding carboxylic acids is 1. The van der Waals surface area contributed by atoms with Crippen molar-refractivity contribution in [1.29, 1.82) is 16.1 Å². The number of nitriles is 1. The fourth-order valence-corrected chi connectivity index (χ4v) is 7.27. The molecule has 3 heterocycles. The third-order valence-electron chi connectivity index (χ3n) is 10.3. The second kappa shape index (κ2) is 16.2. The number of likely N-dealkylation sites (tertiary alicyclic amines) is 1. The monoisotopic (exact) mass is 732 g/mol. The van der Waals surface area contributed by atoms with Crippen molar-refractivity contribution in [3.05, 3.63) is 95.2 Å². The van der Waals surface area contributed by atoms with Gasteiger partial charge in [0.15, 0.2) is 0 Å². The fourth-order valence-electron chi connectivity index (χ4n) is 7.27. The first-order chi connectivity index (χ1) is 25.8. The van der Waals surface area contributed by atoms with Crippen LogP contribution in [0.25, 0.3) is 5.69 Å². The van der Waals surface area contributed by atoms with Gasteiger partial charge in [-0.1, -0.05) is 30.3 Å². The third-order valence-corrected chi connectivity index (χ3v) is 10.3. The van der Waals surface area contributed by atoms with Crippen LogP contribution in [0.1, 0.15) is 88.8 Å². The number of urea groups is 1. The number of amides is 2. The summed E-state index contributed by atoms with van der Waals surface area (Å²) in [7, 11) is 3.98. The van der Waals surface area contributed by atoms with Gasteiger partial charge in [-0.2, -0.15) is 10.4 Å². The van der Waals surface area contributed by atoms with Crippen LogP contribution in [0.5, 0.6) is 11.5 Å². The molecule has 2 aromatic carbocycles. The molecule has 1 unspecified atom stereocenters. The summed E-state index contributed by atoms with van der Waals surface area (Å²) in [6.07, 6.45) is 5.92. The summed E-state index contributed by atoms with van der Waals surface area (Å²) in [5.41, 5.74) is 2.48. The van der Waals surface area contributed by atoms with Crippen LogP contribution in [-0.2, 0) is 5.41 Å². The van der Waals surface area contributed by atoms with Crippen molar-refractivity contribution < 1.29 is 14.3 Å². The summed E-state index contributed by atoms with van der Waals surface area (Å²) in [4.78, 5) is 17.9. The summed E-state index contributed by atoms with van der Waals surface area (Å²) in [6.45, 7) is 9.15. The van der Waals surface area contributed by atoms with Crippen LogP contribution in [0.15, 0.2) is 72.9 Å². The van der Waals surface area contributed by atoms with Crippen LogP contribution in [-0.4, -0.2) is 75.5 Å². The fraction of sp³-hybridized carbons (Fsp3) is 0.439. The zero-order valence-corrected chi connectivity index (χ0v) is 32.1. The number of anilines is 1. The average molecular weight is 733 g/mol. The van der Waals surface area contributed by atoms with Gasteiger partial charge < -0.3 is 24.6 Å². The molecule has 54 heavy (non-hydrogen) atoms. The minimum Gasteiger partial charge on any atom is -0.492 e. The molecule has 2 aliphatic rings. The molecule has 2 amide bonds. The number of carbonyl (C=O) groups is 1. The molecule has 0 saturated carbocycles. The van der Waals surface area contributed by atoms with Crippen molar-refractivity contribution in [2.24, 2.45) is 0 Å². The van der Waals surface area contributed by atoms with Crippen molar-refractivity contribution in [2.75, 3.05) is 32.6 Å². The molecule has 13 heteroatoms. The third kappa shape index (κ3) is 8.44. The summed E-state index contributed by atoms with van der Waals surface area (Å²) in [6, 6.07) is 22.7. The molecule has 0 spiro atoms. The normalized spacial score (nSPS) is 19.8. The van der Waals surface area contributed by atoms with Crippen molar-refractivity contribution >= 4 is 17.8 Å². The maximum absolute atomic E-state index is 13.7. The molecule has 0 bridgehead atoms. The van der Waals surface area contributed by atoms with E-state index in [9.17, 15) is 10.1 Å². The highest BCUT2D eigenvalue weighted by atomic mass is 16.5. The Hall–Kier alpha value is -5.61. The number of pyridine rings is 1. The number of fused-ring (bicyclic) bond motifs is 1. The lowest BCUT2D eigenvalue weighted by Gasteiger charge is -2.41. The molecule has 6 rings (SSSR count). The van der Waals surface area contributed by atoms with Gasteiger partial charge in [0.2, 0.25) is 5.96 Å². The molecular formula is C41H52N10O3. The van der Waals surface area contributed by atoms with E-state index in [1.54, 1.807) is 47.5 Å². The second-order valence-corrected chi connectivity index (χ2v) is 15.2. The SMILES string of the molecule is C[C@@H]1CCC[C@H](C)N1C(=N)n1cc(O[C@@H]2CCC(NC(=O)Nc3cc(C(C)(C)C#N)nn3-c3cccc(OCCN(C)C)c3)c3ccccc32)ccc1=N. The molecule has 4 N–H and O–H groups in total. The first-order valence-electron chi connectivity index (χ1n) is 18.7. The maximum Gasteiger partial charge on any atom is 0.320 e. The molecule has 4 aromatic rings. The van der Waals surface area contributed by atoms with E-state index in [2.05, 4.69) is 35.5 Å². The van der Waals surface area contributed by atoms with Gasteiger partial charge in [0.05, 0.1) is 35.1 Å². The van der Waals surface area contributed by atoms with E-state index in [-0.39, 0.29) is 35.7 Å². The van der Waals surface area contributed by atoms with Crippen LogP contribution < -0.4 is 25.6 Å². The van der Waals surface area contributed by atoms with Gasteiger partial charge in [-0.3, -0.25) is 20.7 Å². The van der Waals surface area contributed by atoms with Gasteiger partial charge in [0.25, 0.3) is 0 Å². The molecule has 0 radical (unpaired) electrons. The van der Waals surface area contributed by atoms with E-state index < -0.39 is 11.4 Å². The van der Waals surface area contributed by atoms with Crippen LogP contribution in [0.3, 0.4) is 0 Å². The zero-order chi connectivity index (χ0) is 38.6. The number of hydrogen-bond donors (Lipinski definition) is 4. The number of benzene rings is 2. The Labute approximate surface area is 317 Å². The molecule has 4 atom stereocenters. The highest BCUT2D eigenvalue weighted by molar-refractivity contribution is 5.89. The molecule has 1 saturated heterocycles. The Kier molecular flexibility index (Phi) is 11.4. The van der Waals surface area contributed by atoms with E-state index in [0.29, 0.717) is 48.1 Å². The van der Waals surface area contributed by atoms with E-state index in [4.69, 9.17) is 25.4 Å². The highest BCUT2D eigenvalue weighted by Crippen LogP contribution is 2.39. The number of nitrogens with zero attached hydrogens (tertiary/aromatic N) is 6. The average Bonchev–Trinajstić information content (AvgIpc) is 3.57. The smallest absolute Gasteiger partial charge is 0.320 e. The van der Waals surface area contributed by atoms with Crippen LogP contribution >= 0.6 is 0 Å². The molecule has 1 fully saturated rings. The summed E-state index contributed by atoms with van der Waals surface area (Å²) < 4.78 is 15.8. The van der Waals surface area contributed by atoms with Crippen LogP contribution in [0, 0.1) is 22.1 Å². The number of ether oxygens (including phenoxy) is 2. The first-order valence-corrected chi connectivity index (χ1v) is 18.7. The largest absolute Gasteiger partial charge is 0.492 e. The lowest BCUT2D eigenvalue weighted by Crippen LogP contribution is -2.51. The number of aromatic nitrogens is 3. The van der Waals surface area contributed by atoms with Crippen molar-refractivity contribution in [3.63, 3.8) is 0 Å². The van der Waals surface area contributed by atoms with E-state index >= 15 is 0 Å². The standard InChI is InChI=1S/C41H52N10O3/c1-27-11-9-12-28(2)50(27)39(44)49-25-31(17-20-37(49)43)54-35-19-18-34(32-15-7-8-16-33(32)35)45-40(52)46-38-24-36(41(3,4)26-42)47-51(38)29-13-10-14-30(23-29)53-22-21-48(5)6/h7-8,10,13-17,20,23-25,27-28,34-35,43-44H,9,11-12,18-19,21-22H2,1-6H3,(H2,45,46,52)/t27-,28+,34?,35-/m1/s1. The number of rotatable bonds is 10.